The fourth-order valence-corrected chi connectivity index (χ4v) is 2.69. The second-order valence-corrected chi connectivity index (χ2v) is 6.08. The van der Waals surface area contributed by atoms with Crippen molar-refractivity contribution in [3.05, 3.63) is 24.0 Å². The molecule has 0 saturated carbocycles. The molecule has 1 aromatic rings. The summed E-state index contributed by atoms with van der Waals surface area (Å²) < 4.78 is 18.7. The van der Waals surface area contributed by atoms with Crippen LogP contribution in [0.1, 0.15) is 27.2 Å². The summed E-state index contributed by atoms with van der Waals surface area (Å²) in [6, 6.07) is 4.14. The lowest BCUT2D eigenvalue weighted by molar-refractivity contribution is -0.136. The van der Waals surface area contributed by atoms with Gasteiger partial charge in [0.2, 0.25) is 0 Å². The molecule has 6 nitrogen and oxygen atoms in total. The van der Waals surface area contributed by atoms with Gasteiger partial charge < -0.3 is 15.4 Å². The molecule has 1 aliphatic rings. The van der Waals surface area contributed by atoms with E-state index in [1.54, 1.807) is 6.92 Å². The van der Waals surface area contributed by atoms with E-state index >= 15 is 0 Å². The van der Waals surface area contributed by atoms with Crippen LogP contribution in [-0.4, -0.2) is 48.5 Å². The van der Waals surface area contributed by atoms with Crippen LogP contribution < -0.4 is 15.4 Å². The molecule has 1 aliphatic heterocycles. The van der Waals surface area contributed by atoms with Crippen molar-refractivity contribution in [3.8, 4) is 5.75 Å². The van der Waals surface area contributed by atoms with Crippen molar-refractivity contribution >= 4 is 17.5 Å². The molecular formula is C17H24FN3O3. The molecule has 24 heavy (non-hydrogen) atoms. The van der Waals surface area contributed by atoms with Gasteiger partial charge in [-0.25, -0.2) is 4.39 Å². The maximum Gasteiger partial charge on any atom is 0.313 e. The zero-order chi connectivity index (χ0) is 17.7. The summed E-state index contributed by atoms with van der Waals surface area (Å²) >= 11 is 0. The monoisotopic (exact) mass is 337 g/mol. The van der Waals surface area contributed by atoms with Gasteiger partial charge >= 0.3 is 11.8 Å². The van der Waals surface area contributed by atoms with Gasteiger partial charge in [-0.3, -0.25) is 14.5 Å². The van der Waals surface area contributed by atoms with Crippen molar-refractivity contribution in [3.63, 3.8) is 0 Å². The molecule has 1 unspecified atom stereocenters. The number of carbonyl (C=O) groups excluding carboxylic acids is 2. The first-order valence-corrected chi connectivity index (χ1v) is 8.19. The number of benzene rings is 1. The van der Waals surface area contributed by atoms with Crippen LogP contribution >= 0.6 is 0 Å². The molecule has 0 bridgehead atoms. The zero-order valence-corrected chi connectivity index (χ0v) is 14.3. The molecule has 2 N–H and O–H groups in total. The Balaban J connectivity index is 1.95. The SMILES string of the molecule is CCOc1ccc(F)cc1NC(=O)C(=O)NC1CCN(C(C)C)C1. The van der Waals surface area contributed by atoms with Crippen LogP contribution in [0.25, 0.3) is 0 Å². The average Bonchev–Trinajstić information content (AvgIpc) is 2.99. The van der Waals surface area contributed by atoms with Crippen molar-refractivity contribution in [2.24, 2.45) is 0 Å². The third kappa shape index (κ3) is 4.67. The maximum absolute atomic E-state index is 13.4. The van der Waals surface area contributed by atoms with E-state index in [-0.39, 0.29) is 11.7 Å². The predicted molar refractivity (Wildman–Crippen MR) is 89.5 cm³/mol. The quantitative estimate of drug-likeness (QED) is 0.803. The van der Waals surface area contributed by atoms with Gasteiger partial charge in [0.05, 0.1) is 12.3 Å². The van der Waals surface area contributed by atoms with Gasteiger partial charge in [-0.2, -0.15) is 0 Å². The molecule has 2 amide bonds. The first-order chi connectivity index (χ1) is 11.4. The largest absolute Gasteiger partial charge is 0.492 e. The van der Waals surface area contributed by atoms with E-state index < -0.39 is 17.6 Å². The molecule has 1 aromatic carbocycles. The Morgan fingerprint density at radius 2 is 2.12 bits per heavy atom. The van der Waals surface area contributed by atoms with Crippen molar-refractivity contribution in [1.29, 1.82) is 0 Å². The fourth-order valence-electron chi connectivity index (χ4n) is 2.69. The summed E-state index contributed by atoms with van der Waals surface area (Å²) in [5, 5.41) is 5.14. The summed E-state index contributed by atoms with van der Waals surface area (Å²) in [6.07, 6.45) is 0.807. The average molecular weight is 337 g/mol. The number of ether oxygens (including phenoxy) is 1. The van der Waals surface area contributed by atoms with Crippen molar-refractivity contribution in [2.45, 2.75) is 39.3 Å². The van der Waals surface area contributed by atoms with Crippen molar-refractivity contribution in [2.75, 3.05) is 25.0 Å². The molecule has 0 aliphatic carbocycles. The summed E-state index contributed by atoms with van der Waals surface area (Å²) in [4.78, 5) is 26.4. The zero-order valence-electron chi connectivity index (χ0n) is 14.3. The molecule has 0 spiro atoms. The molecule has 7 heteroatoms. The van der Waals surface area contributed by atoms with Crippen molar-refractivity contribution in [1.82, 2.24) is 10.2 Å². The Labute approximate surface area is 141 Å². The Hall–Kier alpha value is -2.15. The number of amides is 2. The third-order valence-corrected chi connectivity index (χ3v) is 3.98. The molecular weight excluding hydrogens is 313 g/mol. The number of nitrogens with one attached hydrogen (secondary N) is 2. The van der Waals surface area contributed by atoms with Crippen LogP contribution in [0.3, 0.4) is 0 Å². The van der Waals surface area contributed by atoms with Crippen LogP contribution in [0.4, 0.5) is 10.1 Å². The lowest BCUT2D eigenvalue weighted by atomic mass is 10.2. The van der Waals surface area contributed by atoms with Crippen LogP contribution in [0.15, 0.2) is 18.2 Å². The number of likely N-dealkylation sites (tertiary alicyclic amines) is 1. The van der Waals surface area contributed by atoms with Gasteiger partial charge in [0.15, 0.2) is 0 Å². The number of halogens is 1. The number of nitrogens with zero attached hydrogens (tertiary/aromatic N) is 1. The van der Waals surface area contributed by atoms with Crippen LogP contribution in [0.2, 0.25) is 0 Å². The summed E-state index contributed by atoms with van der Waals surface area (Å²) in [6.45, 7) is 7.95. The van der Waals surface area contributed by atoms with Crippen LogP contribution in [0.5, 0.6) is 5.75 Å². The van der Waals surface area contributed by atoms with E-state index in [2.05, 4.69) is 29.4 Å². The molecule has 0 aromatic heterocycles. The Bertz CT molecular complexity index is 607. The topological polar surface area (TPSA) is 70.7 Å². The predicted octanol–water partition coefficient (Wildman–Crippen LogP) is 1.76. The molecule has 0 radical (unpaired) electrons. The van der Waals surface area contributed by atoms with Gasteiger partial charge in [0.1, 0.15) is 11.6 Å². The second-order valence-electron chi connectivity index (χ2n) is 6.08. The summed E-state index contributed by atoms with van der Waals surface area (Å²) in [5.74, 6) is -1.74. The molecule has 1 atom stereocenters. The smallest absolute Gasteiger partial charge is 0.313 e. The maximum atomic E-state index is 13.4. The van der Waals surface area contributed by atoms with Crippen LogP contribution in [-0.2, 0) is 9.59 Å². The van der Waals surface area contributed by atoms with Gasteiger partial charge in [-0.1, -0.05) is 0 Å². The Kier molecular flexibility index (Phi) is 6.14. The minimum Gasteiger partial charge on any atom is -0.492 e. The molecule has 1 fully saturated rings. The van der Waals surface area contributed by atoms with E-state index in [1.807, 2.05) is 0 Å². The van der Waals surface area contributed by atoms with Gasteiger partial charge in [-0.15, -0.1) is 0 Å². The lowest BCUT2D eigenvalue weighted by Crippen LogP contribution is -2.43. The molecule has 132 valence electrons. The van der Waals surface area contributed by atoms with E-state index in [1.165, 1.54) is 12.1 Å². The number of hydrogen-bond acceptors (Lipinski definition) is 4. The van der Waals surface area contributed by atoms with E-state index in [4.69, 9.17) is 4.74 Å². The highest BCUT2D eigenvalue weighted by molar-refractivity contribution is 6.39. The number of hydrogen-bond donors (Lipinski definition) is 2. The van der Waals surface area contributed by atoms with E-state index in [0.29, 0.717) is 18.4 Å². The highest BCUT2D eigenvalue weighted by Crippen LogP contribution is 2.25. The minimum atomic E-state index is -0.829. The standard InChI is InChI=1S/C17H24FN3O3/c1-4-24-15-6-5-12(18)9-14(15)20-17(23)16(22)19-13-7-8-21(10-13)11(2)3/h5-6,9,11,13H,4,7-8,10H2,1-3H3,(H,19,22)(H,20,23). The first-order valence-electron chi connectivity index (χ1n) is 8.19. The highest BCUT2D eigenvalue weighted by atomic mass is 19.1. The second kappa shape index (κ2) is 8.10. The summed E-state index contributed by atoms with van der Waals surface area (Å²) in [7, 11) is 0. The minimum absolute atomic E-state index is 0.0514. The highest BCUT2D eigenvalue weighted by Gasteiger charge is 2.27. The van der Waals surface area contributed by atoms with Gasteiger partial charge in [0.25, 0.3) is 0 Å². The molecule has 2 rings (SSSR count). The number of carbonyl (C=O) groups is 2. The molecule has 1 saturated heterocycles. The van der Waals surface area contributed by atoms with E-state index in [0.717, 1.165) is 25.6 Å². The Morgan fingerprint density at radius 3 is 2.75 bits per heavy atom. The summed E-state index contributed by atoms with van der Waals surface area (Å²) in [5.41, 5.74) is 0.146. The first kappa shape index (κ1) is 18.2. The lowest BCUT2D eigenvalue weighted by Gasteiger charge is -2.20. The third-order valence-electron chi connectivity index (χ3n) is 3.98. The van der Waals surface area contributed by atoms with E-state index in [9.17, 15) is 14.0 Å². The van der Waals surface area contributed by atoms with Gasteiger partial charge in [-0.05, 0) is 39.3 Å². The van der Waals surface area contributed by atoms with Crippen LogP contribution in [0, 0.1) is 5.82 Å². The Morgan fingerprint density at radius 1 is 1.38 bits per heavy atom. The molecule has 1 heterocycles. The normalized spacial score (nSPS) is 17.8. The van der Waals surface area contributed by atoms with Crippen molar-refractivity contribution < 1.29 is 18.7 Å². The van der Waals surface area contributed by atoms with Gasteiger partial charge in [0, 0.05) is 31.2 Å². The number of anilines is 1. The number of rotatable bonds is 5. The fraction of sp³-hybridized carbons (Fsp3) is 0.529.